The molecular weight excluding hydrogens is 214 g/mol. The molecule has 3 nitrogen and oxygen atoms in total. The van der Waals surface area contributed by atoms with E-state index in [-0.39, 0.29) is 5.91 Å². The van der Waals surface area contributed by atoms with Crippen LogP contribution in [0.3, 0.4) is 0 Å². The molecule has 94 valence electrons. The van der Waals surface area contributed by atoms with E-state index in [0.717, 1.165) is 11.3 Å². The zero-order chi connectivity index (χ0) is 12.8. The summed E-state index contributed by atoms with van der Waals surface area (Å²) in [5.41, 5.74) is 3.53. The molecule has 17 heavy (non-hydrogen) atoms. The minimum Gasteiger partial charge on any atom is -0.491 e. The second kappa shape index (κ2) is 6.28. The van der Waals surface area contributed by atoms with Crippen LogP contribution in [0, 0.1) is 20.8 Å². The molecule has 1 amide bonds. The minimum atomic E-state index is 0.0614. The van der Waals surface area contributed by atoms with Crippen LogP contribution in [0.1, 0.15) is 30.0 Å². The van der Waals surface area contributed by atoms with Crippen molar-refractivity contribution in [3.8, 4) is 5.75 Å². The number of hydrogen-bond acceptors (Lipinski definition) is 2. The lowest BCUT2D eigenvalue weighted by molar-refractivity contribution is -0.120. The van der Waals surface area contributed by atoms with Crippen LogP contribution in [0.15, 0.2) is 12.1 Å². The largest absolute Gasteiger partial charge is 0.491 e. The van der Waals surface area contributed by atoms with Crippen LogP contribution in [0.4, 0.5) is 0 Å². The Morgan fingerprint density at radius 1 is 1.24 bits per heavy atom. The molecule has 0 atom stereocenters. The third-order valence-corrected chi connectivity index (χ3v) is 2.87. The van der Waals surface area contributed by atoms with Crippen molar-refractivity contribution in [1.82, 2.24) is 5.32 Å². The summed E-state index contributed by atoms with van der Waals surface area (Å²) in [4.78, 5) is 11.0. The number of carbonyl (C=O) groups is 1. The van der Waals surface area contributed by atoms with E-state index in [1.165, 1.54) is 11.1 Å². The monoisotopic (exact) mass is 235 g/mol. The Balaban J connectivity index is 2.52. The lowest BCUT2D eigenvalue weighted by atomic mass is 10.1. The van der Waals surface area contributed by atoms with E-state index in [0.29, 0.717) is 19.6 Å². The highest BCUT2D eigenvalue weighted by molar-refractivity contribution is 5.75. The average Bonchev–Trinajstić information content (AvgIpc) is 2.32. The fourth-order valence-corrected chi connectivity index (χ4v) is 1.62. The van der Waals surface area contributed by atoms with Gasteiger partial charge in [0.25, 0.3) is 0 Å². The summed E-state index contributed by atoms with van der Waals surface area (Å²) in [7, 11) is 0. The summed E-state index contributed by atoms with van der Waals surface area (Å²) in [5, 5.41) is 2.79. The van der Waals surface area contributed by atoms with E-state index in [2.05, 4.69) is 31.3 Å². The van der Waals surface area contributed by atoms with E-state index in [9.17, 15) is 4.79 Å². The Morgan fingerprint density at radius 3 is 2.53 bits per heavy atom. The number of aryl methyl sites for hydroxylation is 2. The van der Waals surface area contributed by atoms with Crippen molar-refractivity contribution in [3.05, 3.63) is 28.8 Å². The number of benzene rings is 1. The second-order valence-corrected chi connectivity index (χ2v) is 4.21. The summed E-state index contributed by atoms with van der Waals surface area (Å²) in [5.74, 6) is 1.00. The van der Waals surface area contributed by atoms with Crippen LogP contribution in [0.5, 0.6) is 5.75 Å². The molecule has 0 radical (unpaired) electrons. The molecule has 0 fully saturated rings. The smallest absolute Gasteiger partial charge is 0.219 e. The molecular formula is C14H21NO2. The first kappa shape index (κ1) is 13.6. The van der Waals surface area contributed by atoms with Gasteiger partial charge in [-0.25, -0.2) is 0 Å². The number of hydrogen-bond donors (Lipinski definition) is 1. The summed E-state index contributed by atoms with van der Waals surface area (Å²) in [6, 6.07) is 4.15. The lowest BCUT2D eigenvalue weighted by Crippen LogP contribution is -2.27. The molecule has 0 aliphatic rings. The summed E-state index contributed by atoms with van der Waals surface area (Å²) >= 11 is 0. The number of nitrogens with one attached hydrogen (secondary N) is 1. The molecule has 0 spiro atoms. The van der Waals surface area contributed by atoms with Gasteiger partial charge in [0.2, 0.25) is 5.91 Å². The maximum Gasteiger partial charge on any atom is 0.219 e. The molecule has 1 rings (SSSR count). The van der Waals surface area contributed by atoms with Gasteiger partial charge in [-0.3, -0.25) is 4.79 Å². The molecule has 0 bridgehead atoms. The zero-order valence-corrected chi connectivity index (χ0v) is 11.1. The van der Waals surface area contributed by atoms with Gasteiger partial charge in [0.1, 0.15) is 12.4 Å². The van der Waals surface area contributed by atoms with Gasteiger partial charge in [-0.2, -0.15) is 0 Å². The standard InChI is InChI=1S/C14H21NO2/c1-5-13(16)15-8-9-17-14-11(3)7-6-10(2)12(14)4/h6-7H,5,8-9H2,1-4H3,(H,15,16). The first-order valence-corrected chi connectivity index (χ1v) is 6.02. The van der Waals surface area contributed by atoms with E-state index < -0.39 is 0 Å². The van der Waals surface area contributed by atoms with Crippen molar-refractivity contribution in [3.63, 3.8) is 0 Å². The van der Waals surface area contributed by atoms with Crippen molar-refractivity contribution in [1.29, 1.82) is 0 Å². The van der Waals surface area contributed by atoms with Crippen LogP contribution in [0.25, 0.3) is 0 Å². The second-order valence-electron chi connectivity index (χ2n) is 4.21. The van der Waals surface area contributed by atoms with Crippen molar-refractivity contribution >= 4 is 5.91 Å². The maximum atomic E-state index is 11.0. The molecule has 0 aliphatic carbocycles. The molecule has 0 aromatic heterocycles. The van der Waals surface area contributed by atoms with Gasteiger partial charge < -0.3 is 10.1 Å². The fourth-order valence-electron chi connectivity index (χ4n) is 1.62. The summed E-state index contributed by atoms with van der Waals surface area (Å²) < 4.78 is 5.73. The Morgan fingerprint density at radius 2 is 1.88 bits per heavy atom. The van der Waals surface area contributed by atoms with E-state index in [1.807, 2.05) is 13.8 Å². The van der Waals surface area contributed by atoms with Crippen LogP contribution in [-0.4, -0.2) is 19.1 Å². The molecule has 0 saturated heterocycles. The molecule has 0 saturated carbocycles. The number of amides is 1. The first-order chi connectivity index (χ1) is 8.06. The molecule has 1 N–H and O–H groups in total. The van der Waals surface area contributed by atoms with Crippen molar-refractivity contribution in [2.45, 2.75) is 34.1 Å². The predicted molar refractivity (Wildman–Crippen MR) is 69.4 cm³/mol. The Labute approximate surface area is 103 Å². The highest BCUT2D eigenvalue weighted by Gasteiger charge is 2.06. The average molecular weight is 235 g/mol. The Kier molecular flexibility index (Phi) is 5.01. The van der Waals surface area contributed by atoms with Crippen molar-refractivity contribution < 1.29 is 9.53 Å². The number of ether oxygens (including phenoxy) is 1. The van der Waals surface area contributed by atoms with Crippen molar-refractivity contribution in [2.24, 2.45) is 0 Å². The highest BCUT2D eigenvalue weighted by atomic mass is 16.5. The molecule has 1 aromatic carbocycles. The van der Waals surface area contributed by atoms with Crippen LogP contribution < -0.4 is 10.1 Å². The van der Waals surface area contributed by atoms with Gasteiger partial charge in [0.15, 0.2) is 0 Å². The van der Waals surface area contributed by atoms with E-state index in [1.54, 1.807) is 0 Å². The van der Waals surface area contributed by atoms with Gasteiger partial charge in [0.05, 0.1) is 6.54 Å². The first-order valence-electron chi connectivity index (χ1n) is 6.02. The van der Waals surface area contributed by atoms with Gasteiger partial charge in [-0.15, -0.1) is 0 Å². The topological polar surface area (TPSA) is 38.3 Å². The predicted octanol–water partition coefficient (Wildman–Crippen LogP) is 2.52. The third-order valence-electron chi connectivity index (χ3n) is 2.87. The normalized spacial score (nSPS) is 10.1. The Hall–Kier alpha value is -1.51. The lowest BCUT2D eigenvalue weighted by Gasteiger charge is -2.14. The highest BCUT2D eigenvalue weighted by Crippen LogP contribution is 2.25. The molecule has 0 heterocycles. The van der Waals surface area contributed by atoms with Crippen LogP contribution in [-0.2, 0) is 4.79 Å². The molecule has 0 aliphatic heterocycles. The van der Waals surface area contributed by atoms with Gasteiger partial charge in [-0.1, -0.05) is 19.1 Å². The van der Waals surface area contributed by atoms with Crippen LogP contribution in [0.2, 0.25) is 0 Å². The Bertz CT molecular complexity index is 399. The SMILES string of the molecule is CCC(=O)NCCOc1c(C)ccc(C)c1C. The minimum absolute atomic E-state index is 0.0614. The van der Waals surface area contributed by atoms with Crippen LogP contribution >= 0.6 is 0 Å². The molecule has 0 unspecified atom stereocenters. The fraction of sp³-hybridized carbons (Fsp3) is 0.500. The summed E-state index contributed by atoms with van der Waals surface area (Å²) in [6.07, 6.45) is 0.516. The van der Waals surface area contributed by atoms with E-state index in [4.69, 9.17) is 4.74 Å². The molecule has 3 heteroatoms. The van der Waals surface area contributed by atoms with Crippen molar-refractivity contribution in [2.75, 3.05) is 13.2 Å². The van der Waals surface area contributed by atoms with Gasteiger partial charge >= 0.3 is 0 Å². The van der Waals surface area contributed by atoms with Gasteiger partial charge in [0, 0.05) is 6.42 Å². The maximum absolute atomic E-state index is 11.0. The van der Waals surface area contributed by atoms with E-state index >= 15 is 0 Å². The number of carbonyl (C=O) groups excluding carboxylic acids is 1. The quantitative estimate of drug-likeness (QED) is 0.796. The number of rotatable bonds is 5. The summed E-state index contributed by atoms with van der Waals surface area (Å²) in [6.45, 7) is 9.07. The van der Waals surface area contributed by atoms with Gasteiger partial charge in [-0.05, 0) is 37.5 Å². The molecule has 1 aromatic rings. The third kappa shape index (κ3) is 3.77. The zero-order valence-electron chi connectivity index (χ0n) is 11.1.